The third-order valence-corrected chi connectivity index (χ3v) is 3.24. The minimum Gasteiger partial charge on any atom is -0.392 e. The van der Waals surface area contributed by atoms with Crippen molar-refractivity contribution in [2.45, 2.75) is 13.2 Å². The molecule has 90 valence electrons. The summed E-state index contributed by atoms with van der Waals surface area (Å²) in [4.78, 5) is 0. The number of nitrogens with one attached hydrogen (secondary N) is 1. The molecule has 1 aromatic heterocycles. The van der Waals surface area contributed by atoms with Gasteiger partial charge in [0.25, 0.3) is 0 Å². The molecule has 0 aliphatic rings. The van der Waals surface area contributed by atoms with E-state index >= 15 is 0 Å². The summed E-state index contributed by atoms with van der Waals surface area (Å²) in [5.41, 5.74) is 2.99. The van der Waals surface area contributed by atoms with Crippen LogP contribution in [0.1, 0.15) is 11.1 Å². The second-order valence-corrected chi connectivity index (χ2v) is 4.69. The highest BCUT2D eigenvalue weighted by atomic mass is 79.9. The number of aliphatic hydroxyl groups is 1. The minimum atomic E-state index is 0.0307. The van der Waals surface area contributed by atoms with E-state index in [2.05, 4.69) is 26.3 Å². The lowest BCUT2D eigenvalue weighted by atomic mass is 10.2. The van der Waals surface area contributed by atoms with Crippen LogP contribution in [-0.4, -0.2) is 14.9 Å². The fraction of sp³-hybridized carbons (Fsp3) is 0.250. The summed E-state index contributed by atoms with van der Waals surface area (Å²) in [5, 5.41) is 16.6. The Morgan fingerprint density at radius 2 is 2.29 bits per heavy atom. The first kappa shape index (κ1) is 12.1. The Kier molecular flexibility index (Phi) is 3.81. The minimum absolute atomic E-state index is 0.0307. The highest BCUT2D eigenvalue weighted by Gasteiger charge is 2.01. The van der Waals surface area contributed by atoms with Crippen molar-refractivity contribution < 1.29 is 5.11 Å². The summed E-state index contributed by atoms with van der Waals surface area (Å²) in [6, 6.07) is 5.83. The third kappa shape index (κ3) is 3.08. The van der Waals surface area contributed by atoms with Gasteiger partial charge in [-0.3, -0.25) is 4.68 Å². The number of hydrogen-bond donors (Lipinski definition) is 2. The third-order valence-electron chi connectivity index (χ3n) is 2.47. The summed E-state index contributed by atoms with van der Waals surface area (Å²) in [5.74, 6) is 0. The zero-order valence-corrected chi connectivity index (χ0v) is 11.1. The standard InChI is InChI=1S/C12H14BrN3O/c1-16-7-9(6-15-16)5-14-11-2-3-12(13)10(4-11)8-17/h2-4,6-7,14,17H,5,8H2,1H3. The van der Waals surface area contributed by atoms with Gasteiger partial charge in [0.1, 0.15) is 0 Å². The smallest absolute Gasteiger partial charge is 0.0693 e. The molecule has 1 aromatic carbocycles. The van der Waals surface area contributed by atoms with Gasteiger partial charge in [-0.2, -0.15) is 5.10 Å². The Balaban J connectivity index is 2.04. The number of benzene rings is 1. The maximum Gasteiger partial charge on any atom is 0.0693 e. The Morgan fingerprint density at radius 1 is 1.47 bits per heavy atom. The molecule has 17 heavy (non-hydrogen) atoms. The van der Waals surface area contributed by atoms with Gasteiger partial charge in [-0.15, -0.1) is 0 Å². The van der Waals surface area contributed by atoms with Gasteiger partial charge in [0.15, 0.2) is 0 Å². The second-order valence-electron chi connectivity index (χ2n) is 3.84. The molecule has 2 rings (SSSR count). The lowest BCUT2D eigenvalue weighted by Crippen LogP contribution is -1.99. The zero-order chi connectivity index (χ0) is 12.3. The first-order valence-corrected chi connectivity index (χ1v) is 6.09. The van der Waals surface area contributed by atoms with Crippen molar-refractivity contribution in [3.8, 4) is 0 Å². The van der Waals surface area contributed by atoms with Crippen LogP contribution in [0.5, 0.6) is 0 Å². The van der Waals surface area contributed by atoms with Gasteiger partial charge in [0.2, 0.25) is 0 Å². The Hall–Kier alpha value is -1.33. The molecule has 0 amide bonds. The van der Waals surface area contributed by atoms with Gasteiger partial charge in [-0.05, 0) is 23.8 Å². The van der Waals surface area contributed by atoms with E-state index in [-0.39, 0.29) is 6.61 Å². The Morgan fingerprint density at radius 3 is 2.94 bits per heavy atom. The van der Waals surface area contributed by atoms with Crippen molar-refractivity contribution in [2.75, 3.05) is 5.32 Å². The van der Waals surface area contributed by atoms with E-state index in [1.807, 2.05) is 37.6 Å². The van der Waals surface area contributed by atoms with Crippen LogP contribution < -0.4 is 5.32 Å². The number of anilines is 1. The number of aliphatic hydroxyl groups excluding tert-OH is 1. The number of hydrogen-bond acceptors (Lipinski definition) is 3. The first-order valence-electron chi connectivity index (χ1n) is 5.29. The number of nitrogens with zero attached hydrogens (tertiary/aromatic N) is 2. The fourth-order valence-electron chi connectivity index (χ4n) is 1.57. The first-order chi connectivity index (χ1) is 8.19. The van der Waals surface area contributed by atoms with Crippen molar-refractivity contribution in [3.05, 3.63) is 46.2 Å². The van der Waals surface area contributed by atoms with Crippen LogP contribution >= 0.6 is 15.9 Å². The molecule has 0 unspecified atom stereocenters. The van der Waals surface area contributed by atoms with E-state index in [1.165, 1.54) is 0 Å². The van der Waals surface area contributed by atoms with E-state index in [0.29, 0.717) is 0 Å². The summed E-state index contributed by atoms with van der Waals surface area (Å²) >= 11 is 3.39. The van der Waals surface area contributed by atoms with E-state index < -0.39 is 0 Å². The summed E-state index contributed by atoms with van der Waals surface area (Å²) in [6.07, 6.45) is 3.80. The molecule has 0 saturated carbocycles. The molecular weight excluding hydrogens is 282 g/mol. The fourth-order valence-corrected chi connectivity index (χ4v) is 1.95. The lowest BCUT2D eigenvalue weighted by molar-refractivity contribution is 0.281. The number of halogens is 1. The largest absolute Gasteiger partial charge is 0.392 e. The highest BCUT2D eigenvalue weighted by Crippen LogP contribution is 2.21. The molecule has 0 radical (unpaired) electrons. The van der Waals surface area contributed by atoms with Crippen molar-refractivity contribution in [2.24, 2.45) is 7.05 Å². The molecular formula is C12H14BrN3O. The van der Waals surface area contributed by atoms with Crippen LogP contribution in [0, 0.1) is 0 Å². The van der Waals surface area contributed by atoms with Gasteiger partial charge in [0.05, 0.1) is 12.8 Å². The van der Waals surface area contributed by atoms with E-state index in [9.17, 15) is 0 Å². The molecule has 0 bridgehead atoms. The average molecular weight is 296 g/mol. The molecule has 0 atom stereocenters. The molecule has 2 N–H and O–H groups in total. The molecule has 5 heteroatoms. The summed E-state index contributed by atoms with van der Waals surface area (Å²) < 4.78 is 2.70. The van der Waals surface area contributed by atoms with Crippen LogP contribution in [0.3, 0.4) is 0 Å². The Labute approximate surface area is 108 Å². The molecule has 0 aliphatic carbocycles. The van der Waals surface area contributed by atoms with E-state index in [0.717, 1.165) is 27.8 Å². The predicted molar refractivity (Wildman–Crippen MR) is 70.6 cm³/mol. The molecule has 0 fully saturated rings. The highest BCUT2D eigenvalue weighted by molar-refractivity contribution is 9.10. The van der Waals surface area contributed by atoms with Crippen molar-refractivity contribution in [3.63, 3.8) is 0 Å². The molecule has 0 aliphatic heterocycles. The van der Waals surface area contributed by atoms with Gasteiger partial charge < -0.3 is 10.4 Å². The molecule has 0 saturated heterocycles. The predicted octanol–water partition coefficient (Wildman–Crippen LogP) is 2.29. The quantitative estimate of drug-likeness (QED) is 0.910. The molecule has 2 aromatic rings. The maximum atomic E-state index is 9.16. The SMILES string of the molecule is Cn1cc(CNc2ccc(Br)c(CO)c2)cn1. The number of rotatable bonds is 4. The van der Waals surface area contributed by atoms with Crippen LogP contribution in [-0.2, 0) is 20.2 Å². The maximum absolute atomic E-state index is 9.16. The molecule has 0 spiro atoms. The summed E-state index contributed by atoms with van der Waals surface area (Å²) in [6.45, 7) is 0.753. The Bertz CT molecular complexity index is 510. The average Bonchev–Trinajstić information content (AvgIpc) is 2.74. The number of aromatic nitrogens is 2. The number of aryl methyl sites for hydroxylation is 1. The van der Waals surface area contributed by atoms with Crippen molar-refractivity contribution in [1.82, 2.24) is 9.78 Å². The van der Waals surface area contributed by atoms with Crippen LogP contribution in [0.25, 0.3) is 0 Å². The topological polar surface area (TPSA) is 50.1 Å². The van der Waals surface area contributed by atoms with Gasteiger partial charge >= 0.3 is 0 Å². The lowest BCUT2D eigenvalue weighted by Gasteiger charge is -2.07. The van der Waals surface area contributed by atoms with Gasteiger partial charge in [0, 0.05) is 35.5 Å². The monoisotopic (exact) mass is 295 g/mol. The zero-order valence-electron chi connectivity index (χ0n) is 9.52. The second kappa shape index (κ2) is 5.33. The molecule has 4 nitrogen and oxygen atoms in total. The van der Waals surface area contributed by atoms with E-state index in [4.69, 9.17) is 5.11 Å². The van der Waals surface area contributed by atoms with Crippen LogP contribution in [0.15, 0.2) is 35.1 Å². The van der Waals surface area contributed by atoms with Gasteiger partial charge in [-0.1, -0.05) is 15.9 Å². The van der Waals surface area contributed by atoms with Crippen LogP contribution in [0.2, 0.25) is 0 Å². The van der Waals surface area contributed by atoms with Crippen molar-refractivity contribution in [1.29, 1.82) is 0 Å². The van der Waals surface area contributed by atoms with Gasteiger partial charge in [-0.25, -0.2) is 0 Å². The van der Waals surface area contributed by atoms with Crippen LogP contribution in [0.4, 0.5) is 5.69 Å². The summed E-state index contributed by atoms with van der Waals surface area (Å²) in [7, 11) is 1.90. The molecule has 1 heterocycles. The normalized spacial score (nSPS) is 10.5. The van der Waals surface area contributed by atoms with Crippen molar-refractivity contribution >= 4 is 21.6 Å². The van der Waals surface area contributed by atoms with E-state index in [1.54, 1.807) is 4.68 Å².